The van der Waals surface area contributed by atoms with E-state index in [1.807, 2.05) is 29.2 Å². The predicted octanol–water partition coefficient (Wildman–Crippen LogP) is 5.13. The Morgan fingerprint density at radius 1 is 0.966 bits per heavy atom. The average molecular weight is 395 g/mol. The first-order valence-corrected chi connectivity index (χ1v) is 10.6. The third-order valence-electron chi connectivity index (χ3n) is 5.12. The number of rotatable bonds is 7. The summed E-state index contributed by atoms with van der Waals surface area (Å²) in [6.07, 6.45) is 6.51. The van der Waals surface area contributed by atoms with E-state index in [4.69, 9.17) is 4.74 Å². The van der Waals surface area contributed by atoms with Crippen LogP contribution in [0.3, 0.4) is 0 Å². The molecule has 3 rings (SSSR count). The molecule has 0 bridgehead atoms. The Morgan fingerprint density at radius 3 is 2.45 bits per heavy atom. The third kappa shape index (κ3) is 6.08. The number of hydrogen-bond donors (Lipinski definition) is 1. The van der Waals surface area contributed by atoms with Gasteiger partial charge >= 0.3 is 0 Å². The van der Waals surface area contributed by atoms with E-state index in [1.165, 1.54) is 12.8 Å². The first kappa shape index (κ1) is 20.9. The Labute approximate surface area is 173 Å². The molecule has 1 aliphatic heterocycles. The lowest BCUT2D eigenvalue weighted by atomic mass is 10.1. The molecule has 0 aliphatic carbocycles. The van der Waals surface area contributed by atoms with E-state index in [2.05, 4.69) is 12.2 Å². The highest BCUT2D eigenvalue weighted by Crippen LogP contribution is 2.19. The lowest BCUT2D eigenvalue weighted by Crippen LogP contribution is -2.31. The molecule has 2 aromatic carbocycles. The molecule has 1 heterocycles. The minimum Gasteiger partial charge on any atom is -0.494 e. The molecule has 5 nitrogen and oxygen atoms in total. The molecule has 1 fully saturated rings. The van der Waals surface area contributed by atoms with Crippen LogP contribution in [0.1, 0.15) is 66.2 Å². The second-order valence-corrected chi connectivity index (χ2v) is 7.47. The van der Waals surface area contributed by atoms with E-state index in [9.17, 15) is 9.59 Å². The second-order valence-electron chi connectivity index (χ2n) is 7.47. The Hall–Kier alpha value is -2.82. The van der Waals surface area contributed by atoms with Crippen LogP contribution in [0.2, 0.25) is 0 Å². The minimum absolute atomic E-state index is 0.0364. The fourth-order valence-electron chi connectivity index (χ4n) is 3.45. The second kappa shape index (κ2) is 10.6. The van der Waals surface area contributed by atoms with Crippen molar-refractivity contribution in [3.63, 3.8) is 0 Å². The zero-order valence-corrected chi connectivity index (χ0v) is 17.2. The molecular formula is C24H30N2O3. The van der Waals surface area contributed by atoms with E-state index < -0.39 is 0 Å². The highest BCUT2D eigenvalue weighted by Gasteiger charge is 2.18. The topological polar surface area (TPSA) is 58.6 Å². The molecule has 0 atom stereocenters. The fraction of sp³-hybridized carbons (Fsp3) is 0.417. The third-order valence-corrected chi connectivity index (χ3v) is 5.12. The van der Waals surface area contributed by atoms with E-state index in [-0.39, 0.29) is 11.8 Å². The molecule has 5 heteroatoms. The number of unbranched alkanes of at least 4 members (excludes halogenated alkanes) is 1. The summed E-state index contributed by atoms with van der Waals surface area (Å²) in [6.45, 7) is 4.36. The summed E-state index contributed by atoms with van der Waals surface area (Å²) < 4.78 is 5.69. The van der Waals surface area contributed by atoms with Gasteiger partial charge in [-0.05, 0) is 55.7 Å². The van der Waals surface area contributed by atoms with Gasteiger partial charge in [-0.25, -0.2) is 0 Å². The van der Waals surface area contributed by atoms with Gasteiger partial charge in [0.05, 0.1) is 6.61 Å². The van der Waals surface area contributed by atoms with Crippen LogP contribution in [0.25, 0.3) is 0 Å². The van der Waals surface area contributed by atoms with Gasteiger partial charge in [-0.1, -0.05) is 38.3 Å². The van der Waals surface area contributed by atoms with Crippen LogP contribution in [-0.2, 0) is 0 Å². The van der Waals surface area contributed by atoms with Gasteiger partial charge in [0, 0.05) is 29.9 Å². The standard InChI is InChI=1S/C24H30N2O3/c1-2-3-16-29-22-13-9-10-19(18-22)23(27)25-21-12-8-11-20(17-21)24(28)26-14-6-4-5-7-15-26/h8-13,17-18H,2-7,14-16H2,1H3,(H,25,27). The molecule has 0 saturated carbocycles. The number of nitrogens with one attached hydrogen (secondary N) is 1. The van der Waals surface area contributed by atoms with Crippen molar-refractivity contribution in [2.24, 2.45) is 0 Å². The van der Waals surface area contributed by atoms with E-state index in [0.717, 1.165) is 38.8 Å². The summed E-state index contributed by atoms with van der Waals surface area (Å²) in [5.41, 5.74) is 1.76. The van der Waals surface area contributed by atoms with Crippen LogP contribution in [0.5, 0.6) is 5.75 Å². The van der Waals surface area contributed by atoms with Gasteiger partial charge < -0.3 is 15.0 Å². The van der Waals surface area contributed by atoms with Crippen molar-refractivity contribution in [1.82, 2.24) is 4.90 Å². The SMILES string of the molecule is CCCCOc1cccc(C(=O)Nc2cccc(C(=O)N3CCCCCC3)c2)c1. The summed E-state index contributed by atoms with van der Waals surface area (Å²) in [5.74, 6) is 0.510. The highest BCUT2D eigenvalue weighted by molar-refractivity contribution is 6.05. The van der Waals surface area contributed by atoms with Crippen molar-refractivity contribution in [3.05, 3.63) is 59.7 Å². The molecule has 1 aliphatic rings. The van der Waals surface area contributed by atoms with E-state index in [0.29, 0.717) is 29.2 Å². The quantitative estimate of drug-likeness (QED) is 0.662. The molecule has 29 heavy (non-hydrogen) atoms. The van der Waals surface area contributed by atoms with Gasteiger partial charge in [0.25, 0.3) is 11.8 Å². The van der Waals surface area contributed by atoms with Gasteiger partial charge in [-0.15, -0.1) is 0 Å². The molecule has 0 radical (unpaired) electrons. The van der Waals surface area contributed by atoms with Crippen molar-refractivity contribution in [3.8, 4) is 5.75 Å². The average Bonchev–Trinajstić information content (AvgIpc) is 3.03. The monoisotopic (exact) mass is 394 g/mol. The Bertz CT molecular complexity index is 826. The van der Waals surface area contributed by atoms with Crippen LogP contribution < -0.4 is 10.1 Å². The summed E-state index contributed by atoms with van der Waals surface area (Å²) in [7, 11) is 0. The van der Waals surface area contributed by atoms with Crippen molar-refractivity contribution in [2.75, 3.05) is 25.0 Å². The first-order chi connectivity index (χ1) is 14.2. The van der Waals surface area contributed by atoms with Crippen molar-refractivity contribution < 1.29 is 14.3 Å². The van der Waals surface area contributed by atoms with Gasteiger partial charge in [-0.2, -0.15) is 0 Å². The van der Waals surface area contributed by atoms with Crippen LogP contribution in [0.15, 0.2) is 48.5 Å². The number of ether oxygens (including phenoxy) is 1. The molecule has 1 saturated heterocycles. The maximum atomic E-state index is 12.8. The molecular weight excluding hydrogens is 364 g/mol. The maximum Gasteiger partial charge on any atom is 0.255 e. The summed E-state index contributed by atoms with van der Waals surface area (Å²) in [6, 6.07) is 14.4. The summed E-state index contributed by atoms with van der Waals surface area (Å²) in [5, 5.41) is 2.90. The number of nitrogens with zero attached hydrogens (tertiary/aromatic N) is 1. The summed E-state index contributed by atoms with van der Waals surface area (Å²) in [4.78, 5) is 27.4. The maximum absolute atomic E-state index is 12.8. The van der Waals surface area contributed by atoms with Crippen LogP contribution in [0, 0.1) is 0 Å². The zero-order chi connectivity index (χ0) is 20.5. The number of anilines is 1. The predicted molar refractivity (Wildman–Crippen MR) is 116 cm³/mol. The van der Waals surface area contributed by atoms with Crippen molar-refractivity contribution in [1.29, 1.82) is 0 Å². The van der Waals surface area contributed by atoms with Gasteiger partial charge in [0.15, 0.2) is 0 Å². The first-order valence-electron chi connectivity index (χ1n) is 10.6. The van der Waals surface area contributed by atoms with E-state index >= 15 is 0 Å². The minimum atomic E-state index is -0.217. The van der Waals surface area contributed by atoms with Crippen molar-refractivity contribution in [2.45, 2.75) is 45.4 Å². The molecule has 2 amide bonds. The van der Waals surface area contributed by atoms with Gasteiger partial charge in [0.2, 0.25) is 0 Å². The Kier molecular flexibility index (Phi) is 7.68. The van der Waals surface area contributed by atoms with Gasteiger partial charge in [-0.3, -0.25) is 9.59 Å². The summed E-state index contributed by atoms with van der Waals surface area (Å²) >= 11 is 0. The molecule has 1 N–H and O–H groups in total. The lowest BCUT2D eigenvalue weighted by Gasteiger charge is -2.20. The zero-order valence-electron chi connectivity index (χ0n) is 17.2. The number of amides is 2. The Morgan fingerprint density at radius 2 is 1.69 bits per heavy atom. The fourth-order valence-corrected chi connectivity index (χ4v) is 3.45. The number of hydrogen-bond acceptors (Lipinski definition) is 3. The lowest BCUT2D eigenvalue weighted by molar-refractivity contribution is 0.0761. The smallest absolute Gasteiger partial charge is 0.255 e. The Balaban J connectivity index is 1.66. The molecule has 0 aromatic heterocycles. The molecule has 0 spiro atoms. The largest absolute Gasteiger partial charge is 0.494 e. The van der Waals surface area contributed by atoms with Crippen LogP contribution in [0.4, 0.5) is 5.69 Å². The van der Waals surface area contributed by atoms with E-state index in [1.54, 1.807) is 24.3 Å². The van der Waals surface area contributed by atoms with Crippen molar-refractivity contribution >= 4 is 17.5 Å². The normalized spacial score (nSPS) is 14.2. The highest BCUT2D eigenvalue weighted by atomic mass is 16.5. The van der Waals surface area contributed by atoms with Crippen LogP contribution >= 0.6 is 0 Å². The van der Waals surface area contributed by atoms with Gasteiger partial charge in [0.1, 0.15) is 5.75 Å². The number of carbonyl (C=O) groups excluding carboxylic acids is 2. The van der Waals surface area contributed by atoms with Crippen LogP contribution in [-0.4, -0.2) is 36.4 Å². The number of likely N-dealkylation sites (tertiary alicyclic amines) is 1. The molecule has 154 valence electrons. The molecule has 0 unspecified atom stereocenters. The number of carbonyl (C=O) groups is 2. The molecule has 2 aromatic rings. The number of benzene rings is 2.